The van der Waals surface area contributed by atoms with E-state index in [1.165, 1.54) is 5.56 Å². The number of nitrogens with one attached hydrogen (secondary N) is 1. The molecule has 1 aliphatic rings. The SMILES string of the molecule is NCCC(=O)Nc1cccc(CSC2CCOCC2)c1. The Bertz CT molecular complexity index is 434. The van der Waals surface area contributed by atoms with Crippen LogP contribution in [0.1, 0.15) is 24.8 Å². The van der Waals surface area contributed by atoms with Gasteiger partial charge in [0.05, 0.1) is 0 Å². The number of carbonyl (C=O) groups is 1. The summed E-state index contributed by atoms with van der Waals surface area (Å²) in [6, 6.07) is 8.04. The van der Waals surface area contributed by atoms with Gasteiger partial charge in [0, 0.05) is 42.9 Å². The van der Waals surface area contributed by atoms with Crippen LogP contribution >= 0.6 is 11.8 Å². The van der Waals surface area contributed by atoms with Crippen molar-refractivity contribution in [2.45, 2.75) is 30.3 Å². The summed E-state index contributed by atoms with van der Waals surface area (Å²) in [5, 5.41) is 3.57. The number of benzene rings is 1. The minimum absolute atomic E-state index is 0.0262. The zero-order valence-corrected chi connectivity index (χ0v) is 12.5. The fourth-order valence-electron chi connectivity index (χ4n) is 2.15. The van der Waals surface area contributed by atoms with Crippen LogP contribution in [0.15, 0.2) is 24.3 Å². The first-order valence-electron chi connectivity index (χ1n) is 7.06. The van der Waals surface area contributed by atoms with Crippen molar-refractivity contribution in [1.29, 1.82) is 0 Å². The summed E-state index contributed by atoms with van der Waals surface area (Å²) < 4.78 is 5.37. The van der Waals surface area contributed by atoms with Gasteiger partial charge in [-0.05, 0) is 30.5 Å². The van der Waals surface area contributed by atoms with Crippen molar-refractivity contribution >= 4 is 23.4 Å². The van der Waals surface area contributed by atoms with Gasteiger partial charge in [-0.15, -0.1) is 0 Å². The quantitative estimate of drug-likeness (QED) is 0.845. The van der Waals surface area contributed by atoms with E-state index in [2.05, 4.69) is 11.4 Å². The molecule has 1 saturated heterocycles. The first kappa shape index (κ1) is 15.4. The molecule has 5 heteroatoms. The van der Waals surface area contributed by atoms with E-state index in [-0.39, 0.29) is 5.91 Å². The second-order valence-electron chi connectivity index (χ2n) is 4.91. The smallest absolute Gasteiger partial charge is 0.225 e. The normalized spacial score (nSPS) is 16.1. The van der Waals surface area contributed by atoms with Crippen molar-refractivity contribution in [3.8, 4) is 0 Å². The number of hydrogen-bond donors (Lipinski definition) is 2. The molecule has 1 aromatic rings. The number of nitrogens with two attached hydrogens (primary N) is 1. The summed E-state index contributed by atoms with van der Waals surface area (Å²) in [5.41, 5.74) is 7.47. The highest BCUT2D eigenvalue weighted by Gasteiger charge is 2.14. The first-order chi connectivity index (χ1) is 9.78. The third-order valence-corrected chi connectivity index (χ3v) is 4.68. The zero-order valence-electron chi connectivity index (χ0n) is 11.6. The molecule has 0 bridgehead atoms. The Morgan fingerprint density at radius 3 is 2.95 bits per heavy atom. The van der Waals surface area contributed by atoms with Crippen molar-refractivity contribution < 1.29 is 9.53 Å². The van der Waals surface area contributed by atoms with Crippen molar-refractivity contribution in [3.63, 3.8) is 0 Å². The predicted octanol–water partition coefficient (Wildman–Crippen LogP) is 2.39. The Morgan fingerprint density at radius 1 is 1.40 bits per heavy atom. The largest absolute Gasteiger partial charge is 0.381 e. The minimum Gasteiger partial charge on any atom is -0.381 e. The van der Waals surface area contributed by atoms with Gasteiger partial charge < -0.3 is 15.8 Å². The molecule has 1 fully saturated rings. The highest BCUT2D eigenvalue weighted by atomic mass is 32.2. The molecule has 0 saturated carbocycles. The maximum atomic E-state index is 11.5. The molecule has 0 atom stereocenters. The molecule has 1 heterocycles. The zero-order chi connectivity index (χ0) is 14.2. The highest BCUT2D eigenvalue weighted by molar-refractivity contribution is 7.99. The molecule has 0 aromatic heterocycles. The highest BCUT2D eigenvalue weighted by Crippen LogP contribution is 2.26. The average molecular weight is 294 g/mol. The summed E-state index contributed by atoms with van der Waals surface area (Å²) in [7, 11) is 0. The Morgan fingerprint density at radius 2 is 2.20 bits per heavy atom. The van der Waals surface area contributed by atoms with Gasteiger partial charge in [-0.3, -0.25) is 4.79 Å². The molecular weight excluding hydrogens is 272 g/mol. The number of anilines is 1. The van der Waals surface area contributed by atoms with Crippen molar-refractivity contribution in [2.24, 2.45) is 5.73 Å². The van der Waals surface area contributed by atoms with E-state index in [0.29, 0.717) is 18.2 Å². The van der Waals surface area contributed by atoms with Crippen molar-refractivity contribution in [3.05, 3.63) is 29.8 Å². The lowest BCUT2D eigenvalue weighted by molar-refractivity contribution is -0.116. The number of amides is 1. The van der Waals surface area contributed by atoms with Crippen molar-refractivity contribution in [1.82, 2.24) is 0 Å². The van der Waals surface area contributed by atoms with E-state index in [4.69, 9.17) is 10.5 Å². The third-order valence-electron chi connectivity index (χ3n) is 3.24. The molecule has 1 aromatic carbocycles. The molecule has 0 spiro atoms. The lowest BCUT2D eigenvalue weighted by Crippen LogP contribution is -2.17. The summed E-state index contributed by atoms with van der Waals surface area (Å²) in [5.74, 6) is 0.951. The third kappa shape index (κ3) is 5.15. The van der Waals surface area contributed by atoms with Crippen molar-refractivity contribution in [2.75, 3.05) is 25.1 Å². The molecule has 1 amide bonds. The molecule has 3 N–H and O–H groups in total. The maximum absolute atomic E-state index is 11.5. The lowest BCUT2D eigenvalue weighted by atomic mass is 10.2. The molecule has 110 valence electrons. The number of ether oxygens (including phenoxy) is 1. The van der Waals surface area contributed by atoms with Crippen LogP contribution in [0.2, 0.25) is 0 Å². The fourth-order valence-corrected chi connectivity index (χ4v) is 3.28. The molecule has 0 aliphatic carbocycles. The minimum atomic E-state index is -0.0262. The lowest BCUT2D eigenvalue weighted by Gasteiger charge is -2.21. The number of thioether (sulfide) groups is 1. The van der Waals surface area contributed by atoms with E-state index in [1.807, 2.05) is 30.0 Å². The van der Waals surface area contributed by atoms with Crippen LogP contribution in [0.25, 0.3) is 0 Å². The second kappa shape index (κ2) is 8.29. The van der Waals surface area contributed by atoms with Crippen LogP contribution in [0.3, 0.4) is 0 Å². The van der Waals surface area contributed by atoms with Gasteiger partial charge in [-0.2, -0.15) is 11.8 Å². The Hall–Kier alpha value is -1.04. The van der Waals surface area contributed by atoms with E-state index in [0.717, 1.165) is 37.5 Å². The topological polar surface area (TPSA) is 64.4 Å². The molecule has 20 heavy (non-hydrogen) atoms. The summed E-state index contributed by atoms with van der Waals surface area (Å²) >= 11 is 1.98. The van der Waals surface area contributed by atoms with Gasteiger partial charge in [0.25, 0.3) is 0 Å². The molecule has 0 unspecified atom stereocenters. The molecule has 2 rings (SSSR count). The second-order valence-corrected chi connectivity index (χ2v) is 6.20. The fraction of sp³-hybridized carbons (Fsp3) is 0.533. The van der Waals surface area contributed by atoms with Gasteiger partial charge in [0.15, 0.2) is 0 Å². The summed E-state index contributed by atoms with van der Waals surface area (Å²) in [4.78, 5) is 11.5. The monoisotopic (exact) mass is 294 g/mol. The molecule has 4 nitrogen and oxygen atoms in total. The van der Waals surface area contributed by atoms with Crippen LogP contribution in [-0.2, 0) is 15.3 Å². The summed E-state index contributed by atoms with van der Waals surface area (Å²) in [6.45, 7) is 2.14. The van der Waals surface area contributed by atoms with E-state index >= 15 is 0 Å². The van der Waals surface area contributed by atoms with E-state index in [1.54, 1.807) is 0 Å². The number of hydrogen-bond acceptors (Lipinski definition) is 4. The van der Waals surface area contributed by atoms with Gasteiger partial charge in [-0.1, -0.05) is 12.1 Å². The van der Waals surface area contributed by atoms with E-state index in [9.17, 15) is 4.79 Å². The predicted molar refractivity (Wildman–Crippen MR) is 83.9 cm³/mol. The molecule has 0 radical (unpaired) electrons. The Kier molecular flexibility index (Phi) is 6.36. The van der Waals surface area contributed by atoms with E-state index < -0.39 is 0 Å². The van der Waals surface area contributed by atoms with Gasteiger partial charge in [0.2, 0.25) is 5.91 Å². The summed E-state index contributed by atoms with van der Waals surface area (Å²) in [6.07, 6.45) is 2.64. The Labute approximate surface area is 124 Å². The maximum Gasteiger partial charge on any atom is 0.225 e. The standard InChI is InChI=1S/C15H22N2O2S/c16-7-4-15(18)17-13-3-1-2-12(10-13)11-20-14-5-8-19-9-6-14/h1-3,10,14H,4-9,11,16H2,(H,17,18). The van der Waals surface area contributed by atoms with Crippen LogP contribution in [0, 0.1) is 0 Å². The molecule has 1 aliphatic heterocycles. The molecular formula is C15H22N2O2S. The van der Waals surface area contributed by atoms with Crippen LogP contribution in [0.5, 0.6) is 0 Å². The number of carbonyl (C=O) groups excluding carboxylic acids is 1. The van der Waals surface area contributed by atoms with Crippen LogP contribution < -0.4 is 11.1 Å². The van der Waals surface area contributed by atoms with Gasteiger partial charge >= 0.3 is 0 Å². The first-order valence-corrected chi connectivity index (χ1v) is 8.11. The van der Waals surface area contributed by atoms with Gasteiger partial charge in [0.1, 0.15) is 0 Å². The number of rotatable bonds is 6. The Balaban J connectivity index is 1.83. The average Bonchev–Trinajstić information content (AvgIpc) is 2.47. The van der Waals surface area contributed by atoms with Crippen LogP contribution in [0.4, 0.5) is 5.69 Å². The van der Waals surface area contributed by atoms with Gasteiger partial charge in [-0.25, -0.2) is 0 Å². The van der Waals surface area contributed by atoms with Crippen LogP contribution in [-0.4, -0.2) is 30.9 Å².